The third-order valence-corrected chi connectivity index (χ3v) is 3.75. The molecule has 18 heavy (non-hydrogen) atoms. The van der Waals surface area contributed by atoms with Gasteiger partial charge in [-0.25, -0.2) is 0 Å². The van der Waals surface area contributed by atoms with E-state index in [9.17, 15) is 4.79 Å². The molecule has 0 saturated carbocycles. The first-order valence-corrected chi connectivity index (χ1v) is 6.52. The van der Waals surface area contributed by atoms with E-state index in [1.807, 2.05) is 26.8 Å². The standard InChI is InChI=1S/C14H20ClNO2/c1-5-14(3,9-15)16-13(17)11-7-6-10(2)12(8-11)18-4/h6-8H,5,9H2,1-4H3,(H,16,17). The molecule has 0 aliphatic heterocycles. The van der Waals surface area contributed by atoms with Gasteiger partial charge in [0.05, 0.1) is 12.6 Å². The third-order valence-electron chi connectivity index (χ3n) is 3.16. The predicted octanol–water partition coefficient (Wildman–Crippen LogP) is 3.14. The van der Waals surface area contributed by atoms with E-state index in [2.05, 4.69) is 5.32 Å². The van der Waals surface area contributed by atoms with Crippen LogP contribution in [0.2, 0.25) is 0 Å². The lowest BCUT2D eigenvalue weighted by Gasteiger charge is -2.27. The number of rotatable bonds is 5. The lowest BCUT2D eigenvalue weighted by atomic mass is 10.0. The summed E-state index contributed by atoms with van der Waals surface area (Å²) in [7, 11) is 1.60. The molecule has 1 aromatic carbocycles. The van der Waals surface area contributed by atoms with Crippen molar-refractivity contribution in [1.29, 1.82) is 0 Å². The van der Waals surface area contributed by atoms with E-state index < -0.39 is 0 Å². The number of aryl methyl sites for hydroxylation is 1. The molecule has 0 saturated heterocycles. The molecule has 1 rings (SSSR count). The van der Waals surface area contributed by atoms with Crippen molar-refractivity contribution in [2.24, 2.45) is 0 Å². The largest absolute Gasteiger partial charge is 0.496 e. The van der Waals surface area contributed by atoms with Gasteiger partial charge in [-0.15, -0.1) is 11.6 Å². The number of halogens is 1. The first-order chi connectivity index (χ1) is 8.45. The molecule has 1 atom stereocenters. The number of amides is 1. The number of hydrogen-bond acceptors (Lipinski definition) is 2. The molecule has 1 aromatic rings. The molecule has 0 aliphatic rings. The summed E-state index contributed by atoms with van der Waals surface area (Å²) in [5, 5.41) is 2.95. The van der Waals surface area contributed by atoms with Gasteiger partial charge in [0, 0.05) is 11.4 Å². The maximum absolute atomic E-state index is 12.1. The second-order valence-corrected chi connectivity index (χ2v) is 4.95. The molecule has 1 N–H and O–H groups in total. The summed E-state index contributed by atoms with van der Waals surface area (Å²) in [6, 6.07) is 5.41. The van der Waals surface area contributed by atoms with Crippen LogP contribution in [0.5, 0.6) is 5.75 Å². The van der Waals surface area contributed by atoms with Crippen LogP contribution in [0.4, 0.5) is 0 Å². The first kappa shape index (κ1) is 14.8. The Hall–Kier alpha value is -1.22. The number of carbonyl (C=O) groups excluding carboxylic acids is 1. The van der Waals surface area contributed by atoms with Gasteiger partial charge in [-0.1, -0.05) is 13.0 Å². The average Bonchev–Trinajstić information content (AvgIpc) is 2.39. The quantitative estimate of drug-likeness (QED) is 0.834. The Labute approximate surface area is 113 Å². The van der Waals surface area contributed by atoms with E-state index in [0.29, 0.717) is 17.2 Å². The van der Waals surface area contributed by atoms with Crippen LogP contribution in [-0.4, -0.2) is 24.4 Å². The smallest absolute Gasteiger partial charge is 0.251 e. The fourth-order valence-corrected chi connectivity index (χ4v) is 1.78. The van der Waals surface area contributed by atoms with Crippen LogP contribution in [0.1, 0.15) is 36.2 Å². The fraction of sp³-hybridized carbons (Fsp3) is 0.500. The van der Waals surface area contributed by atoms with Crippen LogP contribution >= 0.6 is 11.6 Å². The van der Waals surface area contributed by atoms with Crippen LogP contribution < -0.4 is 10.1 Å². The van der Waals surface area contributed by atoms with Crippen molar-refractivity contribution in [1.82, 2.24) is 5.32 Å². The zero-order chi connectivity index (χ0) is 13.8. The van der Waals surface area contributed by atoms with Gasteiger partial charge >= 0.3 is 0 Å². The Bertz CT molecular complexity index is 428. The summed E-state index contributed by atoms with van der Waals surface area (Å²) in [6.45, 7) is 5.87. The molecule has 0 fully saturated rings. The van der Waals surface area contributed by atoms with E-state index in [0.717, 1.165) is 12.0 Å². The Morgan fingerprint density at radius 3 is 2.67 bits per heavy atom. The fourth-order valence-electron chi connectivity index (χ4n) is 1.52. The number of hydrogen-bond donors (Lipinski definition) is 1. The molecule has 4 heteroatoms. The number of ether oxygens (including phenoxy) is 1. The van der Waals surface area contributed by atoms with Crippen molar-refractivity contribution < 1.29 is 9.53 Å². The maximum Gasteiger partial charge on any atom is 0.251 e. The van der Waals surface area contributed by atoms with Crippen LogP contribution in [0.3, 0.4) is 0 Å². The molecule has 0 bridgehead atoms. The summed E-state index contributed by atoms with van der Waals surface area (Å²) in [5.74, 6) is 0.975. The van der Waals surface area contributed by atoms with Gasteiger partial charge in [-0.2, -0.15) is 0 Å². The molecule has 3 nitrogen and oxygen atoms in total. The van der Waals surface area contributed by atoms with Gasteiger partial charge in [-0.3, -0.25) is 4.79 Å². The highest BCUT2D eigenvalue weighted by molar-refractivity contribution is 6.18. The van der Waals surface area contributed by atoms with Gasteiger partial charge in [0.15, 0.2) is 0 Å². The van der Waals surface area contributed by atoms with Crippen molar-refractivity contribution in [3.8, 4) is 5.75 Å². The summed E-state index contributed by atoms with van der Waals surface area (Å²) >= 11 is 5.88. The van der Waals surface area contributed by atoms with Gasteiger partial charge in [0.2, 0.25) is 0 Å². The summed E-state index contributed by atoms with van der Waals surface area (Å²) in [4.78, 5) is 12.1. The van der Waals surface area contributed by atoms with Crippen LogP contribution in [0.25, 0.3) is 0 Å². The second-order valence-electron chi connectivity index (χ2n) is 4.69. The lowest BCUT2D eigenvalue weighted by Crippen LogP contribution is -2.47. The molecule has 0 aliphatic carbocycles. The highest BCUT2D eigenvalue weighted by Crippen LogP contribution is 2.20. The maximum atomic E-state index is 12.1. The van der Waals surface area contributed by atoms with Gasteiger partial charge in [-0.05, 0) is 38.0 Å². The number of carbonyl (C=O) groups is 1. The van der Waals surface area contributed by atoms with E-state index in [4.69, 9.17) is 16.3 Å². The van der Waals surface area contributed by atoms with Crippen LogP contribution in [-0.2, 0) is 0 Å². The number of nitrogens with one attached hydrogen (secondary N) is 1. The minimum atomic E-state index is -0.378. The van der Waals surface area contributed by atoms with E-state index >= 15 is 0 Å². The van der Waals surface area contributed by atoms with Crippen molar-refractivity contribution in [2.75, 3.05) is 13.0 Å². The number of benzene rings is 1. The summed E-state index contributed by atoms with van der Waals surface area (Å²) < 4.78 is 5.21. The second kappa shape index (κ2) is 6.10. The monoisotopic (exact) mass is 269 g/mol. The molecule has 0 heterocycles. The topological polar surface area (TPSA) is 38.3 Å². The highest BCUT2D eigenvalue weighted by Gasteiger charge is 2.23. The number of methoxy groups -OCH3 is 1. The van der Waals surface area contributed by atoms with E-state index in [1.54, 1.807) is 19.2 Å². The molecule has 0 radical (unpaired) electrons. The molecule has 0 aromatic heterocycles. The average molecular weight is 270 g/mol. The molecular formula is C14H20ClNO2. The first-order valence-electron chi connectivity index (χ1n) is 5.99. The molecular weight excluding hydrogens is 250 g/mol. The van der Waals surface area contributed by atoms with Crippen LogP contribution in [0, 0.1) is 6.92 Å². The van der Waals surface area contributed by atoms with Crippen molar-refractivity contribution in [3.05, 3.63) is 29.3 Å². The Balaban J connectivity index is 2.91. The predicted molar refractivity (Wildman–Crippen MR) is 74.6 cm³/mol. The highest BCUT2D eigenvalue weighted by atomic mass is 35.5. The van der Waals surface area contributed by atoms with Crippen molar-refractivity contribution >= 4 is 17.5 Å². The van der Waals surface area contributed by atoms with Crippen molar-refractivity contribution in [2.45, 2.75) is 32.7 Å². The van der Waals surface area contributed by atoms with Gasteiger partial charge < -0.3 is 10.1 Å². The third kappa shape index (κ3) is 3.39. The Morgan fingerprint density at radius 2 is 2.17 bits per heavy atom. The molecule has 1 unspecified atom stereocenters. The molecule has 100 valence electrons. The van der Waals surface area contributed by atoms with E-state index in [1.165, 1.54) is 0 Å². The zero-order valence-corrected chi connectivity index (χ0v) is 12.1. The minimum absolute atomic E-state index is 0.127. The van der Waals surface area contributed by atoms with Gasteiger partial charge in [0.1, 0.15) is 5.75 Å². The van der Waals surface area contributed by atoms with Crippen LogP contribution in [0.15, 0.2) is 18.2 Å². The minimum Gasteiger partial charge on any atom is -0.496 e. The zero-order valence-electron chi connectivity index (χ0n) is 11.3. The van der Waals surface area contributed by atoms with Gasteiger partial charge in [0.25, 0.3) is 5.91 Å². The normalized spacial score (nSPS) is 13.8. The molecule has 1 amide bonds. The SMILES string of the molecule is CCC(C)(CCl)NC(=O)c1ccc(C)c(OC)c1. The molecule has 0 spiro atoms. The lowest BCUT2D eigenvalue weighted by molar-refractivity contribution is 0.0912. The van der Waals surface area contributed by atoms with Crippen molar-refractivity contribution in [3.63, 3.8) is 0 Å². The summed E-state index contributed by atoms with van der Waals surface area (Å²) in [5.41, 5.74) is 1.21. The van der Waals surface area contributed by atoms with E-state index in [-0.39, 0.29) is 11.4 Å². The Morgan fingerprint density at radius 1 is 1.50 bits per heavy atom. The number of alkyl halides is 1. The summed E-state index contributed by atoms with van der Waals surface area (Å²) in [6.07, 6.45) is 0.783. The Kier molecular flexibility index (Phi) is 5.03.